The monoisotopic (exact) mass is 1360 g/mol. The highest BCUT2D eigenvalue weighted by Gasteiger charge is 2.46. The lowest BCUT2D eigenvalue weighted by molar-refractivity contribution is 0.157. The number of nitrogens with one attached hydrogen (secondary N) is 7. The highest BCUT2D eigenvalue weighted by atomic mass is 15.4. The van der Waals surface area contributed by atoms with Crippen molar-refractivity contribution in [1.82, 2.24) is 76.3 Å². The molecule has 0 amide bonds. The van der Waals surface area contributed by atoms with Gasteiger partial charge in [0.25, 0.3) is 0 Å². The number of unbranched alkanes of at least 4 members (excludes halogenated alkanes) is 2. The van der Waals surface area contributed by atoms with E-state index < -0.39 is 0 Å². The maximum Gasteiger partial charge on any atom is 0.232 e. The van der Waals surface area contributed by atoms with Gasteiger partial charge in [0.1, 0.15) is 5.82 Å². The van der Waals surface area contributed by atoms with Crippen LogP contribution in [0.3, 0.4) is 0 Å². The summed E-state index contributed by atoms with van der Waals surface area (Å²) in [6, 6.07) is 1.21. The smallest absolute Gasteiger partial charge is 0.232 e. The Kier molecular flexibility index (Phi) is 24.7. The molecule has 0 bridgehead atoms. The number of hydrogen-bond acceptors (Lipinski definition) is 23. The van der Waals surface area contributed by atoms with Gasteiger partial charge in [0.05, 0.1) is 0 Å². The molecule has 0 aliphatic carbocycles. The second-order valence-electron chi connectivity index (χ2n) is 37.6. The Balaban J connectivity index is 1.11. The molecule has 0 spiro atoms. The minimum atomic E-state index is -0.0741. The van der Waals surface area contributed by atoms with Crippen LogP contribution in [-0.4, -0.2) is 216 Å². The lowest BCUT2D eigenvalue weighted by atomic mass is 9.79. The molecule has 556 valence electrons. The van der Waals surface area contributed by atoms with Gasteiger partial charge in [-0.25, -0.2) is 0 Å². The Morgan fingerprint density at radius 2 is 0.602 bits per heavy atom. The lowest BCUT2D eigenvalue weighted by Gasteiger charge is -2.50. The van der Waals surface area contributed by atoms with E-state index in [4.69, 9.17) is 44.9 Å². The summed E-state index contributed by atoms with van der Waals surface area (Å²) in [5.74, 6) is 6.36. The first-order valence-electron chi connectivity index (χ1n) is 38.1. The van der Waals surface area contributed by atoms with E-state index in [-0.39, 0.29) is 79.6 Å². The molecule has 0 saturated carbocycles. The molecule has 3 aromatic heterocycles. The summed E-state index contributed by atoms with van der Waals surface area (Å²) < 4.78 is 0. The van der Waals surface area contributed by atoms with E-state index in [1.54, 1.807) is 0 Å². The Morgan fingerprint density at radius 1 is 0.316 bits per heavy atom. The highest BCUT2D eigenvalue weighted by Crippen LogP contribution is 2.40. The van der Waals surface area contributed by atoms with E-state index in [0.29, 0.717) is 49.3 Å². The standard InChI is InChI=1S/C75H141N23/c1-28-30-38-97(56-48-72(16,17)90-73(18,19)49-56)64-82-59(81-61(84-64)94(26)54-44-68(8,9)88-69(10,11)45-54)77-35-33-37-96(41-40-92(24)36-32-34-76-58-78-52(3)79-60(80-58)93(25)53-42-66(4,5)87-67(6,7)43-53)63-83-62(95(27)55-46-70(12,13)89-71(14,15)47-55)85-65(86-63)98(39-31-29-2)57-50-74(20,21)91-75(22,23)51-57/h53-57,87-91H,28-51H2,1-27H3,(H,76,78,79,80)(H,77,81,82,84). The van der Waals surface area contributed by atoms with Gasteiger partial charge in [-0.2, -0.15) is 44.9 Å². The number of anilines is 8. The number of likely N-dealkylation sites (N-methyl/N-ethyl adjacent to an activating group) is 1. The molecule has 8 rings (SSSR count). The third-order valence-corrected chi connectivity index (χ3v) is 21.2. The van der Waals surface area contributed by atoms with E-state index >= 15 is 0 Å². The van der Waals surface area contributed by atoms with E-state index in [9.17, 15) is 0 Å². The summed E-state index contributed by atoms with van der Waals surface area (Å²) in [5.41, 5.74) is -0.510. The SMILES string of the molecule is CCCCN(c1nc(NCCCN(CCN(C)CCCNc2nc(C)nc(N(C)C3CC(C)(C)NC(C)(C)C3)n2)c2nc(N(C)C3CC(C)(C)NC(C)(C)C3)nc(N(CCCC)C3CC(C)(C)NC(C)(C)C3)n2)nc(N(C)C2CC(C)(C)NC(C)(C)C2)n1)C1CC(C)(C)NC(C)(C)C1. The molecule has 0 unspecified atom stereocenters. The molecule has 7 N–H and O–H groups in total. The number of hydrogen-bond donors (Lipinski definition) is 7. The molecule has 5 aliphatic rings. The van der Waals surface area contributed by atoms with Crippen molar-refractivity contribution in [2.45, 2.75) is 348 Å². The molecular weight excluding hydrogens is 1220 g/mol. The Hall–Kier alpha value is -4.81. The van der Waals surface area contributed by atoms with Gasteiger partial charge in [-0.3, -0.25) is 0 Å². The number of aryl methyl sites for hydroxylation is 1. The van der Waals surface area contributed by atoms with Gasteiger partial charge in [-0.15, -0.1) is 0 Å². The minimum Gasteiger partial charge on any atom is -0.354 e. The van der Waals surface area contributed by atoms with Crippen LogP contribution in [0, 0.1) is 6.92 Å². The second-order valence-corrected chi connectivity index (χ2v) is 37.6. The Morgan fingerprint density at radius 3 is 0.969 bits per heavy atom. The molecule has 98 heavy (non-hydrogen) atoms. The number of aromatic nitrogens is 9. The fraction of sp³-hybridized carbons (Fsp3) is 0.880. The van der Waals surface area contributed by atoms with Crippen LogP contribution in [0.25, 0.3) is 0 Å². The zero-order valence-electron chi connectivity index (χ0n) is 67.0. The molecule has 0 radical (unpaired) electrons. The van der Waals surface area contributed by atoms with Crippen molar-refractivity contribution in [2.75, 3.05) is 121 Å². The molecule has 8 heterocycles. The normalized spacial score (nSPS) is 22.7. The van der Waals surface area contributed by atoms with E-state index in [0.717, 1.165) is 165 Å². The summed E-state index contributed by atoms with van der Waals surface area (Å²) in [4.78, 5) is 64.8. The van der Waals surface area contributed by atoms with Crippen molar-refractivity contribution in [2.24, 2.45) is 0 Å². The summed E-state index contributed by atoms with van der Waals surface area (Å²) in [6.07, 6.45) is 15.7. The maximum absolute atomic E-state index is 5.70. The number of rotatable bonds is 30. The first kappa shape index (κ1) is 78.9. The molecule has 5 saturated heterocycles. The predicted molar refractivity (Wildman–Crippen MR) is 411 cm³/mol. The van der Waals surface area contributed by atoms with E-state index in [1.165, 1.54) is 0 Å². The van der Waals surface area contributed by atoms with E-state index in [1.807, 2.05) is 6.92 Å². The van der Waals surface area contributed by atoms with Gasteiger partial charge in [0, 0.05) is 153 Å². The molecule has 5 fully saturated rings. The largest absolute Gasteiger partial charge is 0.354 e. The summed E-state index contributed by atoms with van der Waals surface area (Å²) >= 11 is 0. The van der Waals surface area contributed by atoms with Crippen LogP contribution in [0.15, 0.2) is 0 Å². The first-order valence-corrected chi connectivity index (χ1v) is 38.1. The van der Waals surface area contributed by atoms with Crippen molar-refractivity contribution >= 4 is 47.6 Å². The van der Waals surface area contributed by atoms with Gasteiger partial charge in [-0.1, -0.05) is 26.7 Å². The molecule has 23 nitrogen and oxygen atoms in total. The Bertz CT molecular complexity index is 2980. The van der Waals surface area contributed by atoms with Crippen LogP contribution < -0.4 is 66.6 Å². The van der Waals surface area contributed by atoms with Gasteiger partial charge in [0.15, 0.2) is 0 Å². The topological polar surface area (TPSA) is 223 Å². The maximum atomic E-state index is 5.70. The average Bonchev–Trinajstić information content (AvgIpc) is 0.763. The fourth-order valence-electron chi connectivity index (χ4n) is 18.6. The number of piperidine rings is 5. The van der Waals surface area contributed by atoms with E-state index in [2.05, 4.69) is 252 Å². The van der Waals surface area contributed by atoms with Crippen LogP contribution in [-0.2, 0) is 0 Å². The summed E-state index contributed by atoms with van der Waals surface area (Å²) in [7, 11) is 8.79. The molecule has 0 aromatic carbocycles. The number of nitrogens with zero attached hydrogens (tertiary/aromatic N) is 16. The van der Waals surface area contributed by atoms with Crippen LogP contribution in [0.2, 0.25) is 0 Å². The summed E-state index contributed by atoms with van der Waals surface area (Å²) in [6.45, 7) is 59.3. The molecule has 23 heteroatoms. The van der Waals surface area contributed by atoms with Gasteiger partial charge in [-0.05, 0) is 249 Å². The second kappa shape index (κ2) is 30.6. The van der Waals surface area contributed by atoms with Crippen molar-refractivity contribution in [3.05, 3.63) is 5.82 Å². The first-order chi connectivity index (χ1) is 45.2. The van der Waals surface area contributed by atoms with Gasteiger partial charge >= 0.3 is 0 Å². The van der Waals surface area contributed by atoms with Crippen LogP contribution in [0.5, 0.6) is 0 Å². The zero-order valence-corrected chi connectivity index (χ0v) is 67.0. The van der Waals surface area contributed by atoms with Gasteiger partial charge in [0.2, 0.25) is 47.6 Å². The van der Waals surface area contributed by atoms with Crippen molar-refractivity contribution in [3.8, 4) is 0 Å². The molecule has 0 atom stereocenters. The minimum absolute atomic E-state index is 0.00254. The molecule has 5 aliphatic heterocycles. The lowest BCUT2D eigenvalue weighted by Crippen LogP contribution is -2.62. The molecular formula is C75H141N23. The van der Waals surface area contributed by atoms with Crippen molar-refractivity contribution in [1.29, 1.82) is 0 Å². The average molecular weight is 1370 g/mol. The zero-order chi connectivity index (χ0) is 72.4. The third-order valence-electron chi connectivity index (χ3n) is 21.2. The molecule has 3 aromatic rings. The van der Waals surface area contributed by atoms with Crippen molar-refractivity contribution in [3.63, 3.8) is 0 Å². The Labute approximate surface area is 595 Å². The highest BCUT2D eigenvalue weighted by molar-refractivity contribution is 5.50. The van der Waals surface area contributed by atoms with Crippen LogP contribution in [0.4, 0.5) is 47.6 Å². The third kappa shape index (κ3) is 22.3. The fourth-order valence-corrected chi connectivity index (χ4v) is 18.6. The van der Waals surface area contributed by atoms with Gasteiger partial charge < -0.3 is 71.5 Å². The quantitative estimate of drug-likeness (QED) is 0.0308. The van der Waals surface area contributed by atoms with Crippen molar-refractivity contribution < 1.29 is 0 Å². The summed E-state index contributed by atoms with van der Waals surface area (Å²) in [5, 5.41) is 27.0. The van der Waals surface area contributed by atoms with Crippen LogP contribution in [0.1, 0.15) is 261 Å². The predicted octanol–water partition coefficient (Wildman–Crippen LogP) is 11.4. The van der Waals surface area contributed by atoms with Crippen LogP contribution >= 0.6 is 0 Å².